The van der Waals surface area contributed by atoms with Gasteiger partial charge in [-0.2, -0.15) is 0 Å². The molecule has 23 heavy (non-hydrogen) atoms. The van der Waals surface area contributed by atoms with Crippen molar-refractivity contribution < 1.29 is 18.0 Å². The van der Waals surface area contributed by atoms with E-state index in [1.165, 1.54) is 4.90 Å². The number of sulfone groups is 1. The number of hydrogen-bond acceptors (Lipinski definition) is 5. The van der Waals surface area contributed by atoms with E-state index in [-0.39, 0.29) is 42.1 Å². The summed E-state index contributed by atoms with van der Waals surface area (Å²) in [5.74, 6) is -0.0725. The van der Waals surface area contributed by atoms with E-state index in [2.05, 4.69) is 5.32 Å². The number of carbonyl (C=O) groups is 2. The molecule has 2 heterocycles. The van der Waals surface area contributed by atoms with Crippen LogP contribution in [0.25, 0.3) is 0 Å². The Hall–Kier alpha value is -1.35. The molecule has 0 aliphatic carbocycles. The number of likely N-dealkylation sites (N-methyl/N-ethyl adjacent to an activating group) is 1. The number of hydrogen-bond donors (Lipinski definition) is 1. The number of piperazine rings is 1. The number of rotatable bonds is 4. The molecule has 2 saturated heterocycles. The first kappa shape index (κ1) is 18.0. The summed E-state index contributed by atoms with van der Waals surface area (Å²) in [6, 6.07) is -0.886. The molecule has 0 spiro atoms. The molecule has 0 radical (unpaired) electrons. The second-order valence-corrected chi connectivity index (χ2v) is 8.55. The van der Waals surface area contributed by atoms with Gasteiger partial charge in [-0.1, -0.05) is 6.92 Å². The van der Waals surface area contributed by atoms with Gasteiger partial charge in [-0.15, -0.1) is 0 Å². The van der Waals surface area contributed by atoms with Crippen molar-refractivity contribution in [3.8, 4) is 0 Å². The minimum absolute atomic E-state index is 0.00985. The van der Waals surface area contributed by atoms with E-state index < -0.39 is 9.84 Å². The molecule has 2 rings (SSSR count). The summed E-state index contributed by atoms with van der Waals surface area (Å²) in [6.45, 7) is 3.67. The Morgan fingerprint density at radius 3 is 2.43 bits per heavy atom. The summed E-state index contributed by atoms with van der Waals surface area (Å²) >= 11 is 0. The maximum atomic E-state index is 12.3. The fourth-order valence-electron chi connectivity index (χ4n) is 3.12. The van der Waals surface area contributed by atoms with E-state index >= 15 is 0 Å². The summed E-state index contributed by atoms with van der Waals surface area (Å²) in [6.07, 6.45) is 0.829. The van der Waals surface area contributed by atoms with Gasteiger partial charge < -0.3 is 15.1 Å². The van der Waals surface area contributed by atoms with Crippen LogP contribution in [0.2, 0.25) is 0 Å². The maximum absolute atomic E-state index is 12.3. The Bertz CT molecular complexity index is 563. The second-order valence-electron chi connectivity index (χ2n) is 6.40. The molecule has 1 N–H and O–H groups in total. The van der Waals surface area contributed by atoms with Crippen molar-refractivity contribution in [3.63, 3.8) is 0 Å². The van der Waals surface area contributed by atoms with E-state index in [1.807, 2.05) is 11.8 Å². The molecule has 0 saturated carbocycles. The van der Waals surface area contributed by atoms with E-state index in [0.717, 1.165) is 6.42 Å². The molecule has 3 amide bonds. The van der Waals surface area contributed by atoms with Crippen molar-refractivity contribution in [2.24, 2.45) is 0 Å². The predicted octanol–water partition coefficient (Wildman–Crippen LogP) is -1.02. The topological polar surface area (TPSA) is 90.0 Å². The first-order valence-corrected chi connectivity index (χ1v) is 9.76. The summed E-state index contributed by atoms with van der Waals surface area (Å²) in [7, 11) is 0.167. The van der Waals surface area contributed by atoms with Crippen LogP contribution in [0.3, 0.4) is 0 Å². The van der Waals surface area contributed by atoms with Crippen molar-refractivity contribution in [2.75, 3.05) is 51.8 Å². The molecule has 9 heteroatoms. The van der Waals surface area contributed by atoms with Crippen LogP contribution in [0.4, 0.5) is 4.79 Å². The van der Waals surface area contributed by atoms with E-state index in [0.29, 0.717) is 19.6 Å². The molecule has 2 aliphatic rings. The van der Waals surface area contributed by atoms with Crippen LogP contribution >= 0.6 is 0 Å². The first-order chi connectivity index (χ1) is 10.7. The lowest BCUT2D eigenvalue weighted by Crippen LogP contribution is -2.63. The number of urea groups is 1. The smallest absolute Gasteiger partial charge is 0.317 e. The van der Waals surface area contributed by atoms with Crippen molar-refractivity contribution in [3.05, 3.63) is 0 Å². The summed E-state index contributed by atoms with van der Waals surface area (Å²) in [5.41, 5.74) is 0. The molecular formula is C14H26N4O4S. The van der Waals surface area contributed by atoms with Gasteiger partial charge >= 0.3 is 6.03 Å². The van der Waals surface area contributed by atoms with Crippen LogP contribution < -0.4 is 5.32 Å². The number of amides is 3. The van der Waals surface area contributed by atoms with E-state index in [1.54, 1.807) is 19.0 Å². The average Bonchev–Trinajstić information content (AvgIpc) is 2.80. The number of nitrogens with zero attached hydrogens (tertiary/aromatic N) is 3. The highest BCUT2D eigenvalue weighted by Gasteiger charge is 2.48. The highest BCUT2D eigenvalue weighted by Crippen LogP contribution is 2.27. The van der Waals surface area contributed by atoms with Gasteiger partial charge in [0.25, 0.3) is 0 Å². The standard InChI is InChI=1S/C14H26N4O4S/c1-4-5-15-14(20)18-7-6-17(8-13(19)16(2)3)11-9-23(21,22)10-12(11)18/h11-12H,4-10H2,1-3H3,(H,15,20)/t11-,12+/m1/s1. The number of fused-ring (bicyclic) bond motifs is 1. The first-order valence-electron chi connectivity index (χ1n) is 7.94. The Labute approximate surface area is 137 Å². The van der Waals surface area contributed by atoms with Gasteiger partial charge in [0, 0.05) is 39.8 Å². The highest BCUT2D eigenvalue weighted by molar-refractivity contribution is 7.91. The van der Waals surface area contributed by atoms with Gasteiger partial charge in [0.2, 0.25) is 5.91 Å². The quantitative estimate of drug-likeness (QED) is 0.704. The summed E-state index contributed by atoms with van der Waals surface area (Å²) in [4.78, 5) is 29.3. The zero-order valence-electron chi connectivity index (χ0n) is 14.0. The van der Waals surface area contributed by atoms with Crippen LogP contribution in [-0.4, -0.2) is 98.9 Å². The fourth-order valence-corrected chi connectivity index (χ4v) is 5.13. The van der Waals surface area contributed by atoms with Gasteiger partial charge in [-0.3, -0.25) is 9.69 Å². The molecule has 0 bridgehead atoms. The lowest BCUT2D eigenvalue weighted by molar-refractivity contribution is -0.131. The zero-order valence-corrected chi connectivity index (χ0v) is 14.8. The van der Waals surface area contributed by atoms with Gasteiger partial charge in [-0.05, 0) is 6.42 Å². The SMILES string of the molecule is CCCNC(=O)N1CCN(CC(=O)N(C)C)[C@@H]2CS(=O)(=O)C[C@@H]21. The molecular weight excluding hydrogens is 320 g/mol. The zero-order chi connectivity index (χ0) is 17.2. The molecule has 0 unspecified atom stereocenters. The normalized spacial score (nSPS) is 26.7. The molecule has 0 aromatic rings. The van der Waals surface area contributed by atoms with Gasteiger partial charge in [0.1, 0.15) is 0 Å². The predicted molar refractivity (Wildman–Crippen MR) is 86.9 cm³/mol. The third-order valence-electron chi connectivity index (χ3n) is 4.42. The minimum atomic E-state index is -3.19. The van der Waals surface area contributed by atoms with Gasteiger partial charge in [0.05, 0.1) is 24.1 Å². The molecule has 132 valence electrons. The Kier molecular flexibility index (Phi) is 5.51. The number of carbonyl (C=O) groups excluding carboxylic acids is 2. The van der Waals surface area contributed by atoms with Crippen LogP contribution in [0, 0.1) is 0 Å². The van der Waals surface area contributed by atoms with Crippen molar-refractivity contribution in [2.45, 2.75) is 25.4 Å². The third kappa shape index (κ3) is 4.14. The number of nitrogens with one attached hydrogen (secondary N) is 1. The molecule has 2 atom stereocenters. The van der Waals surface area contributed by atoms with Crippen LogP contribution in [0.5, 0.6) is 0 Å². The molecule has 8 nitrogen and oxygen atoms in total. The Morgan fingerprint density at radius 1 is 1.17 bits per heavy atom. The third-order valence-corrected chi connectivity index (χ3v) is 6.11. The van der Waals surface area contributed by atoms with Crippen molar-refractivity contribution >= 4 is 21.8 Å². The van der Waals surface area contributed by atoms with E-state index in [9.17, 15) is 18.0 Å². The largest absolute Gasteiger partial charge is 0.348 e. The monoisotopic (exact) mass is 346 g/mol. The van der Waals surface area contributed by atoms with E-state index in [4.69, 9.17) is 0 Å². The van der Waals surface area contributed by atoms with Crippen molar-refractivity contribution in [1.29, 1.82) is 0 Å². The van der Waals surface area contributed by atoms with Crippen LogP contribution in [-0.2, 0) is 14.6 Å². The van der Waals surface area contributed by atoms with Crippen molar-refractivity contribution in [1.82, 2.24) is 20.0 Å². The van der Waals surface area contributed by atoms with Gasteiger partial charge in [-0.25, -0.2) is 13.2 Å². The Balaban J connectivity index is 2.13. The average molecular weight is 346 g/mol. The van der Waals surface area contributed by atoms with Crippen LogP contribution in [0.15, 0.2) is 0 Å². The lowest BCUT2D eigenvalue weighted by Gasteiger charge is -2.43. The fraction of sp³-hybridized carbons (Fsp3) is 0.857. The summed E-state index contributed by atoms with van der Waals surface area (Å²) < 4.78 is 24.1. The molecule has 2 aliphatic heterocycles. The highest BCUT2D eigenvalue weighted by atomic mass is 32.2. The summed E-state index contributed by atoms with van der Waals surface area (Å²) in [5, 5.41) is 2.81. The van der Waals surface area contributed by atoms with Gasteiger partial charge in [0.15, 0.2) is 9.84 Å². The maximum Gasteiger partial charge on any atom is 0.317 e. The molecule has 0 aromatic carbocycles. The van der Waals surface area contributed by atoms with Crippen LogP contribution in [0.1, 0.15) is 13.3 Å². The lowest BCUT2D eigenvalue weighted by atomic mass is 10.1. The molecule has 2 fully saturated rings. The minimum Gasteiger partial charge on any atom is -0.348 e. The Morgan fingerprint density at radius 2 is 1.83 bits per heavy atom. The second kappa shape index (κ2) is 7.04. The molecule has 0 aromatic heterocycles.